The summed E-state index contributed by atoms with van der Waals surface area (Å²) in [6, 6.07) is 11.6. The van der Waals surface area contributed by atoms with Gasteiger partial charge in [0.2, 0.25) is 0 Å². The van der Waals surface area contributed by atoms with Crippen molar-refractivity contribution >= 4 is 11.8 Å². The molecule has 4 heteroatoms. The van der Waals surface area contributed by atoms with E-state index in [1.165, 1.54) is 17.2 Å². The smallest absolute Gasteiger partial charge is 0.253 e. The van der Waals surface area contributed by atoms with Gasteiger partial charge < -0.3 is 0 Å². The second-order valence-electron chi connectivity index (χ2n) is 3.27. The molecule has 0 aliphatic rings. The fraction of sp³-hybridized carbons (Fsp3) is 0.167. The van der Waals surface area contributed by atoms with E-state index in [0.29, 0.717) is 6.54 Å². The molecule has 3 nitrogen and oxygen atoms in total. The van der Waals surface area contributed by atoms with Crippen LogP contribution in [0.1, 0.15) is 0 Å². The number of thioether (sulfide) groups is 1. The molecule has 1 heterocycles. The molecule has 1 aromatic heterocycles. The van der Waals surface area contributed by atoms with E-state index >= 15 is 0 Å². The van der Waals surface area contributed by atoms with Gasteiger partial charge in [-0.05, 0) is 12.1 Å². The van der Waals surface area contributed by atoms with Crippen LogP contribution in [-0.4, -0.2) is 15.3 Å². The van der Waals surface area contributed by atoms with Crippen LogP contribution in [-0.2, 0) is 6.54 Å². The van der Waals surface area contributed by atoms with E-state index in [2.05, 4.69) is 17.1 Å². The lowest BCUT2D eigenvalue weighted by atomic mass is 10.4. The van der Waals surface area contributed by atoms with Gasteiger partial charge in [-0.15, -0.1) is 11.8 Å². The lowest BCUT2D eigenvalue weighted by molar-refractivity contribution is 0.714. The van der Waals surface area contributed by atoms with Crippen molar-refractivity contribution in [3.05, 3.63) is 59.3 Å². The highest BCUT2D eigenvalue weighted by Gasteiger charge is 1.96. The normalized spacial score (nSPS) is 10.2. The maximum Gasteiger partial charge on any atom is 0.253 e. The van der Waals surface area contributed by atoms with Gasteiger partial charge in [0.15, 0.2) is 0 Å². The molecule has 0 fully saturated rings. The highest BCUT2D eigenvalue weighted by Crippen LogP contribution is 2.16. The predicted octanol–water partition coefficient (Wildman–Crippen LogP) is 2.04. The van der Waals surface area contributed by atoms with Gasteiger partial charge in [-0.1, -0.05) is 18.2 Å². The van der Waals surface area contributed by atoms with Gasteiger partial charge in [0.05, 0.1) is 6.33 Å². The fourth-order valence-electron chi connectivity index (χ4n) is 1.32. The number of hydrogen-bond donors (Lipinski definition) is 0. The average molecular weight is 232 g/mol. The molecular formula is C12H12N2OS. The second kappa shape index (κ2) is 5.51. The van der Waals surface area contributed by atoms with Crippen molar-refractivity contribution in [2.45, 2.75) is 11.4 Å². The Kier molecular flexibility index (Phi) is 3.77. The zero-order chi connectivity index (χ0) is 11.2. The van der Waals surface area contributed by atoms with Crippen LogP contribution in [0.15, 0.2) is 58.6 Å². The molecule has 0 amide bonds. The monoisotopic (exact) mass is 232 g/mol. The maximum atomic E-state index is 11.4. The summed E-state index contributed by atoms with van der Waals surface area (Å²) in [7, 11) is 0. The number of hydrogen-bond acceptors (Lipinski definition) is 3. The molecule has 1 aromatic carbocycles. The third kappa shape index (κ3) is 2.97. The average Bonchev–Trinajstić information content (AvgIpc) is 2.33. The van der Waals surface area contributed by atoms with Crippen LogP contribution in [0, 0.1) is 0 Å². The summed E-state index contributed by atoms with van der Waals surface area (Å²) in [5, 5.41) is 0. The Morgan fingerprint density at radius 2 is 2.00 bits per heavy atom. The van der Waals surface area contributed by atoms with Crippen molar-refractivity contribution in [3.63, 3.8) is 0 Å². The van der Waals surface area contributed by atoms with Gasteiger partial charge in [0.25, 0.3) is 5.56 Å². The van der Waals surface area contributed by atoms with Crippen LogP contribution in [0.4, 0.5) is 0 Å². The third-order valence-electron chi connectivity index (χ3n) is 2.14. The summed E-state index contributed by atoms with van der Waals surface area (Å²) in [5.74, 6) is 0.871. The summed E-state index contributed by atoms with van der Waals surface area (Å²) in [5.41, 5.74) is 0.00339. The number of aryl methyl sites for hydroxylation is 1. The van der Waals surface area contributed by atoms with Crippen molar-refractivity contribution in [2.24, 2.45) is 0 Å². The topological polar surface area (TPSA) is 34.9 Å². The molecule has 0 unspecified atom stereocenters. The van der Waals surface area contributed by atoms with E-state index in [4.69, 9.17) is 0 Å². The molecular weight excluding hydrogens is 220 g/mol. The first kappa shape index (κ1) is 11.0. The Morgan fingerprint density at radius 1 is 1.19 bits per heavy atom. The minimum atomic E-state index is 0.00339. The quantitative estimate of drug-likeness (QED) is 0.757. The van der Waals surface area contributed by atoms with Gasteiger partial charge in [0, 0.05) is 29.5 Å². The molecule has 2 aromatic rings. The number of nitrogens with zero attached hydrogens (tertiary/aromatic N) is 2. The van der Waals surface area contributed by atoms with Gasteiger partial charge in [-0.25, -0.2) is 4.98 Å². The number of rotatable bonds is 4. The van der Waals surface area contributed by atoms with Crippen molar-refractivity contribution in [3.8, 4) is 0 Å². The van der Waals surface area contributed by atoms with E-state index in [0.717, 1.165) is 5.75 Å². The molecule has 0 saturated carbocycles. The van der Waals surface area contributed by atoms with E-state index < -0.39 is 0 Å². The molecule has 2 rings (SSSR count). The summed E-state index contributed by atoms with van der Waals surface area (Å²) in [6.07, 6.45) is 3.09. The molecule has 82 valence electrons. The first-order valence-corrected chi connectivity index (χ1v) is 6.03. The first-order valence-electron chi connectivity index (χ1n) is 5.04. The maximum absolute atomic E-state index is 11.4. The standard InChI is InChI=1S/C12H12N2OS/c15-12-6-7-13-10-14(12)8-9-16-11-4-2-1-3-5-11/h1-7,10H,8-9H2. The SMILES string of the molecule is O=c1ccncn1CCSc1ccccc1. The molecule has 0 spiro atoms. The lowest BCUT2D eigenvalue weighted by Gasteiger charge is -2.03. The Morgan fingerprint density at radius 3 is 2.75 bits per heavy atom. The minimum absolute atomic E-state index is 0.00339. The second-order valence-corrected chi connectivity index (χ2v) is 4.44. The highest BCUT2D eigenvalue weighted by atomic mass is 32.2. The molecule has 0 radical (unpaired) electrons. The van der Waals surface area contributed by atoms with Gasteiger partial charge in [-0.2, -0.15) is 0 Å². The fourth-order valence-corrected chi connectivity index (χ4v) is 2.20. The van der Waals surface area contributed by atoms with Crippen LogP contribution in [0.2, 0.25) is 0 Å². The Hall–Kier alpha value is -1.55. The molecule has 0 atom stereocenters. The summed E-state index contributed by atoms with van der Waals surface area (Å²) in [4.78, 5) is 16.5. The van der Waals surface area contributed by atoms with Crippen molar-refractivity contribution in [2.75, 3.05) is 5.75 Å². The zero-order valence-corrected chi connectivity index (χ0v) is 9.56. The van der Waals surface area contributed by atoms with E-state index in [1.807, 2.05) is 18.2 Å². The molecule has 0 saturated heterocycles. The van der Waals surface area contributed by atoms with E-state index in [-0.39, 0.29) is 5.56 Å². The minimum Gasteiger partial charge on any atom is -0.298 e. The van der Waals surface area contributed by atoms with E-state index in [9.17, 15) is 4.79 Å². The highest BCUT2D eigenvalue weighted by molar-refractivity contribution is 7.99. The van der Waals surface area contributed by atoms with Crippen molar-refractivity contribution < 1.29 is 0 Å². The van der Waals surface area contributed by atoms with Crippen LogP contribution >= 0.6 is 11.8 Å². The van der Waals surface area contributed by atoms with E-state index in [1.54, 1.807) is 22.7 Å². The molecule has 0 bridgehead atoms. The third-order valence-corrected chi connectivity index (χ3v) is 3.13. The van der Waals surface area contributed by atoms with Crippen LogP contribution in [0.5, 0.6) is 0 Å². The summed E-state index contributed by atoms with van der Waals surface area (Å²) >= 11 is 1.74. The summed E-state index contributed by atoms with van der Waals surface area (Å²) < 4.78 is 1.62. The van der Waals surface area contributed by atoms with Crippen LogP contribution in [0.3, 0.4) is 0 Å². The van der Waals surface area contributed by atoms with Crippen LogP contribution in [0.25, 0.3) is 0 Å². The lowest BCUT2D eigenvalue weighted by Crippen LogP contribution is -2.19. The Labute approximate surface area is 98.2 Å². The van der Waals surface area contributed by atoms with Crippen molar-refractivity contribution in [1.82, 2.24) is 9.55 Å². The predicted molar refractivity (Wildman–Crippen MR) is 65.7 cm³/mol. The molecule has 0 aliphatic carbocycles. The van der Waals surface area contributed by atoms with Gasteiger partial charge in [-0.3, -0.25) is 9.36 Å². The van der Waals surface area contributed by atoms with Gasteiger partial charge in [0.1, 0.15) is 0 Å². The van der Waals surface area contributed by atoms with Crippen LogP contribution < -0.4 is 5.56 Å². The summed E-state index contributed by atoms with van der Waals surface area (Å²) in [6.45, 7) is 0.687. The Balaban J connectivity index is 1.90. The Bertz CT molecular complexity index is 496. The largest absolute Gasteiger partial charge is 0.298 e. The first-order chi connectivity index (χ1) is 7.86. The van der Waals surface area contributed by atoms with Crippen molar-refractivity contribution in [1.29, 1.82) is 0 Å². The number of benzene rings is 1. The van der Waals surface area contributed by atoms with Gasteiger partial charge >= 0.3 is 0 Å². The molecule has 16 heavy (non-hydrogen) atoms. The molecule has 0 aliphatic heterocycles. The number of aromatic nitrogens is 2. The molecule has 0 N–H and O–H groups in total. The zero-order valence-electron chi connectivity index (χ0n) is 8.74.